The number of benzene rings is 1. The van der Waals surface area contributed by atoms with E-state index in [-0.39, 0.29) is 5.56 Å². The van der Waals surface area contributed by atoms with Crippen molar-refractivity contribution in [1.82, 2.24) is 14.5 Å². The second kappa shape index (κ2) is 6.61. The van der Waals surface area contributed by atoms with Gasteiger partial charge >= 0.3 is 0 Å². The van der Waals surface area contributed by atoms with Crippen LogP contribution in [0.25, 0.3) is 11.0 Å². The second-order valence-corrected chi connectivity index (χ2v) is 6.51. The van der Waals surface area contributed by atoms with E-state index in [1.54, 1.807) is 12.3 Å². The summed E-state index contributed by atoms with van der Waals surface area (Å²) >= 11 is 0. The van der Waals surface area contributed by atoms with Gasteiger partial charge < -0.3 is 24.6 Å². The zero-order valence-corrected chi connectivity index (χ0v) is 14.2. The fourth-order valence-electron chi connectivity index (χ4n) is 3.37. The largest absolute Gasteiger partial charge is 0.387 e. The van der Waals surface area contributed by atoms with Crippen molar-refractivity contribution in [2.45, 2.75) is 37.6 Å². The maximum absolute atomic E-state index is 13.5. The molecule has 27 heavy (non-hydrogen) atoms. The van der Waals surface area contributed by atoms with Crippen molar-refractivity contribution in [3.8, 4) is 0 Å². The number of aryl methyl sites for hydroxylation is 1. The Morgan fingerprint density at radius 1 is 1.11 bits per heavy atom. The first-order chi connectivity index (χ1) is 12.9. The van der Waals surface area contributed by atoms with Crippen LogP contribution in [0.5, 0.6) is 0 Å². The van der Waals surface area contributed by atoms with Gasteiger partial charge in [0.15, 0.2) is 17.9 Å². The molecule has 3 heterocycles. The molecule has 3 N–H and O–H groups in total. The van der Waals surface area contributed by atoms with E-state index in [0.717, 1.165) is 23.2 Å². The Morgan fingerprint density at radius 2 is 1.89 bits per heavy atom. The standard InChI is InChI=1S/C18H17F2N3O4/c1-8-10-4-5-23(17(10)22-7-21-8)18-15(26)14(25)16(27-18)13(24)9-2-3-11(19)12(20)6-9/h2-7,13-16,18,24-26H,1H3/t13-,14+,15-,16-,18-/m1/s1. The van der Waals surface area contributed by atoms with Gasteiger partial charge in [0.1, 0.15) is 36.4 Å². The average Bonchev–Trinajstić information content (AvgIpc) is 3.20. The quantitative estimate of drug-likeness (QED) is 0.638. The van der Waals surface area contributed by atoms with Gasteiger partial charge in [-0.1, -0.05) is 6.07 Å². The van der Waals surface area contributed by atoms with E-state index in [4.69, 9.17) is 4.74 Å². The van der Waals surface area contributed by atoms with Gasteiger partial charge in [-0.25, -0.2) is 18.7 Å². The molecule has 1 aliphatic rings. The van der Waals surface area contributed by atoms with Crippen LogP contribution in [0, 0.1) is 18.6 Å². The van der Waals surface area contributed by atoms with E-state index in [0.29, 0.717) is 5.65 Å². The Labute approximate surface area is 152 Å². The Morgan fingerprint density at radius 3 is 2.63 bits per heavy atom. The Bertz CT molecular complexity index is 996. The summed E-state index contributed by atoms with van der Waals surface area (Å²) in [6, 6.07) is 4.66. The summed E-state index contributed by atoms with van der Waals surface area (Å²) in [6.45, 7) is 1.81. The molecule has 3 aromatic rings. The maximum atomic E-state index is 13.5. The number of fused-ring (bicyclic) bond motifs is 1. The van der Waals surface area contributed by atoms with E-state index < -0.39 is 42.3 Å². The lowest BCUT2D eigenvalue weighted by molar-refractivity contribution is -0.0849. The first-order valence-electron chi connectivity index (χ1n) is 8.31. The monoisotopic (exact) mass is 377 g/mol. The number of hydrogen-bond donors (Lipinski definition) is 3. The van der Waals surface area contributed by atoms with Gasteiger partial charge in [0.25, 0.3) is 0 Å². The number of aliphatic hydroxyl groups excluding tert-OH is 3. The molecule has 5 atom stereocenters. The van der Waals surface area contributed by atoms with Crippen molar-refractivity contribution < 1.29 is 28.8 Å². The minimum absolute atomic E-state index is 0.0290. The Hall–Kier alpha value is -2.46. The number of ether oxygens (including phenoxy) is 1. The van der Waals surface area contributed by atoms with Gasteiger partial charge in [0.2, 0.25) is 0 Å². The summed E-state index contributed by atoms with van der Waals surface area (Å²) in [5.74, 6) is -2.18. The molecule has 1 saturated heterocycles. The minimum Gasteiger partial charge on any atom is -0.387 e. The first kappa shape index (κ1) is 17.9. The number of aromatic nitrogens is 3. The predicted molar refractivity (Wildman–Crippen MR) is 89.5 cm³/mol. The van der Waals surface area contributed by atoms with Crippen molar-refractivity contribution in [2.75, 3.05) is 0 Å². The maximum Gasteiger partial charge on any atom is 0.164 e. The van der Waals surface area contributed by atoms with Crippen LogP contribution in [0.4, 0.5) is 8.78 Å². The summed E-state index contributed by atoms with van der Waals surface area (Å²) in [7, 11) is 0. The SMILES string of the molecule is Cc1ncnc2c1ccn2[C@@H]1O[C@H]([C@H](O)c2ccc(F)c(F)c2)[C@@H](O)[C@H]1O. The molecule has 0 bridgehead atoms. The molecule has 1 fully saturated rings. The topological polar surface area (TPSA) is 101 Å². The number of rotatable bonds is 3. The van der Waals surface area contributed by atoms with Gasteiger partial charge in [-0.3, -0.25) is 0 Å². The highest BCUT2D eigenvalue weighted by molar-refractivity contribution is 5.78. The Balaban J connectivity index is 1.66. The third-order valence-corrected chi connectivity index (χ3v) is 4.85. The molecule has 1 aliphatic heterocycles. The van der Waals surface area contributed by atoms with Crippen molar-refractivity contribution in [3.63, 3.8) is 0 Å². The van der Waals surface area contributed by atoms with E-state index >= 15 is 0 Å². The van der Waals surface area contributed by atoms with Crippen LogP contribution in [-0.4, -0.2) is 48.2 Å². The van der Waals surface area contributed by atoms with E-state index in [9.17, 15) is 24.1 Å². The molecule has 0 saturated carbocycles. The fourth-order valence-corrected chi connectivity index (χ4v) is 3.37. The third kappa shape index (κ3) is 2.88. The lowest BCUT2D eigenvalue weighted by Crippen LogP contribution is -2.34. The average molecular weight is 377 g/mol. The van der Waals surface area contributed by atoms with Crippen LogP contribution < -0.4 is 0 Å². The zero-order chi connectivity index (χ0) is 19.3. The highest BCUT2D eigenvalue weighted by atomic mass is 19.2. The van der Waals surface area contributed by atoms with Gasteiger partial charge in [-0.05, 0) is 30.7 Å². The van der Waals surface area contributed by atoms with Crippen LogP contribution in [0.15, 0.2) is 36.8 Å². The van der Waals surface area contributed by atoms with Gasteiger partial charge in [0.05, 0.1) is 5.69 Å². The number of nitrogens with zero attached hydrogens (tertiary/aromatic N) is 3. The van der Waals surface area contributed by atoms with Gasteiger partial charge in [-0.2, -0.15) is 0 Å². The lowest BCUT2D eigenvalue weighted by Gasteiger charge is -2.21. The highest BCUT2D eigenvalue weighted by Gasteiger charge is 2.47. The lowest BCUT2D eigenvalue weighted by atomic mass is 9.99. The van der Waals surface area contributed by atoms with Crippen LogP contribution in [0.1, 0.15) is 23.6 Å². The summed E-state index contributed by atoms with van der Waals surface area (Å²) in [6.07, 6.45) is -3.52. The molecular weight excluding hydrogens is 360 g/mol. The highest BCUT2D eigenvalue weighted by Crippen LogP contribution is 2.37. The van der Waals surface area contributed by atoms with Crippen LogP contribution in [0.2, 0.25) is 0 Å². The summed E-state index contributed by atoms with van der Waals surface area (Å²) in [5, 5.41) is 32.0. The minimum atomic E-state index is -1.46. The summed E-state index contributed by atoms with van der Waals surface area (Å²) in [4.78, 5) is 8.28. The van der Waals surface area contributed by atoms with Crippen molar-refractivity contribution in [1.29, 1.82) is 0 Å². The van der Waals surface area contributed by atoms with E-state index in [2.05, 4.69) is 9.97 Å². The Kier molecular flexibility index (Phi) is 4.39. The normalized spacial score (nSPS) is 26.6. The van der Waals surface area contributed by atoms with Crippen molar-refractivity contribution >= 4 is 11.0 Å². The molecule has 0 unspecified atom stereocenters. The molecule has 0 radical (unpaired) electrons. The number of halogens is 2. The van der Waals surface area contributed by atoms with E-state index in [1.165, 1.54) is 17.0 Å². The van der Waals surface area contributed by atoms with Crippen molar-refractivity contribution in [3.05, 3.63) is 59.7 Å². The third-order valence-electron chi connectivity index (χ3n) is 4.85. The van der Waals surface area contributed by atoms with Gasteiger partial charge in [0, 0.05) is 11.6 Å². The zero-order valence-electron chi connectivity index (χ0n) is 14.2. The molecule has 4 rings (SSSR count). The fraction of sp³-hybridized carbons (Fsp3) is 0.333. The number of hydrogen-bond acceptors (Lipinski definition) is 6. The molecule has 142 valence electrons. The van der Waals surface area contributed by atoms with Crippen molar-refractivity contribution in [2.24, 2.45) is 0 Å². The van der Waals surface area contributed by atoms with Crippen LogP contribution >= 0.6 is 0 Å². The molecule has 7 nitrogen and oxygen atoms in total. The summed E-state index contributed by atoms with van der Waals surface area (Å²) < 4.78 is 33.8. The smallest absolute Gasteiger partial charge is 0.164 e. The molecule has 0 spiro atoms. The summed E-state index contributed by atoms with van der Waals surface area (Å²) in [5.41, 5.74) is 1.27. The number of aliphatic hydroxyl groups is 3. The molecular formula is C18H17F2N3O4. The van der Waals surface area contributed by atoms with E-state index in [1.807, 2.05) is 6.92 Å². The molecule has 0 amide bonds. The van der Waals surface area contributed by atoms with Crippen LogP contribution in [-0.2, 0) is 4.74 Å². The second-order valence-electron chi connectivity index (χ2n) is 6.51. The van der Waals surface area contributed by atoms with Gasteiger partial charge in [-0.15, -0.1) is 0 Å². The first-order valence-corrected chi connectivity index (χ1v) is 8.31. The van der Waals surface area contributed by atoms with Crippen LogP contribution in [0.3, 0.4) is 0 Å². The predicted octanol–water partition coefficient (Wildman–Crippen LogP) is 1.37. The molecule has 9 heteroatoms. The molecule has 2 aromatic heterocycles. The molecule has 0 aliphatic carbocycles. The molecule has 1 aromatic carbocycles.